The molecule has 2 aromatic carbocycles. The van der Waals surface area contributed by atoms with Crippen LogP contribution in [-0.4, -0.2) is 32.0 Å². The quantitative estimate of drug-likeness (QED) is 0.590. The molecule has 4 rings (SSSR count). The molecular formula is C19H19N5O. The summed E-state index contributed by atoms with van der Waals surface area (Å²) in [5.41, 5.74) is 3.82. The zero-order valence-corrected chi connectivity index (χ0v) is 13.9. The van der Waals surface area contributed by atoms with Crippen LogP contribution in [0.2, 0.25) is 0 Å². The third kappa shape index (κ3) is 2.98. The van der Waals surface area contributed by atoms with Crippen LogP contribution in [0.4, 0.5) is 0 Å². The number of aromatic amines is 1. The zero-order chi connectivity index (χ0) is 17.2. The topological polar surface area (TPSA) is 75.6 Å². The Bertz CT molecular complexity index is 999. The van der Waals surface area contributed by atoms with Crippen LogP contribution >= 0.6 is 0 Å². The van der Waals surface area contributed by atoms with Gasteiger partial charge >= 0.3 is 0 Å². The molecular weight excluding hydrogens is 314 g/mol. The number of H-pyrrole nitrogens is 1. The van der Waals surface area contributed by atoms with Crippen molar-refractivity contribution in [2.45, 2.75) is 19.4 Å². The number of fused-ring (bicyclic) bond motifs is 2. The Hall–Kier alpha value is -3.15. The van der Waals surface area contributed by atoms with E-state index in [2.05, 4.69) is 20.3 Å². The lowest BCUT2D eigenvalue weighted by Gasteiger charge is -2.14. The molecule has 1 atom stereocenters. The molecule has 1 amide bonds. The number of amides is 1. The van der Waals surface area contributed by atoms with Gasteiger partial charge in [0.25, 0.3) is 0 Å². The molecule has 0 saturated carbocycles. The van der Waals surface area contributed by atoms with Gasteiger partial charge in [0, 0.05) is 13.0 Å². The number of carbonyl (C=O) groups excluding carboxylic acids is 1. The van der Waals surface area contributed by atoms with E-state index in [0.717, 1.165) is 27.9 Å². The van der Waals surface area contributed by atoms with Gasteiger partial charge in [0.15, 0.2) is 0 Å². The summed E-state index contributed by atoms with van der Waals surface area (Å²) in [5.74, 6) is 0.849. The molecule has 4 aromatic rings. The van der Waals surface area contributed by atoms with Gasteiger partial charge in [0.1, 0.15) is 11.9 Å². The molecule has 2 aromatic heterocycles. The first-order valence-electron chi connectivity index (χ1n) is 8.35. The summed E-state index contributed by atoms with van der Waals surface area (Å²) >= 11 is 0. The van der Waals surface area contributed by atoms with E-state index in [1.54, 1.807) is 6.33 Å². The van der Waals surface area contributed by atoms with Crippen molar-refractivity contribution in [1.29, 1.82) is 0 Å². The molecule has 0 fully saturated rings. The van der Waals surface area contributed by atoms with Crippen LogP contribution in [-0.2, 0) is 11.2 Å². The number of rotatable bonds is 5. The number of benzene rings is 2. The summed E-state index contributed by atoms with van der Waals surface area (Å²) < 4.78 is 1.89. The zero-order valence-electron chi connectivity index (χ0n) is 13.9. The molecule has 0 aliphatic carbocycles. The largest absolute Gasteiger partial charge is 0.354 e. The molecule has 2 N–H and O–H groups in total. The molecule has 0 spiro atoms. The van der Waals surface area contributed by atoms with Gasteiger partial charge in [-0.05, 0) is 31.2 Å². The van der Waals surface area contributed by atoms with Gasteiger partial charge in [0.2, 0.25) is 5.91 Å². The Morgan fingerprint density at radius 3 is 2.76 bits per heavy atom. The fraction of sp³-hybridized carbons (Fsp3) is 0.211. The summed E-state index contributed by atoms with van der Waals surface area (Å²) in [6.45, 7) is 2.42. The minimum Gasteiger partial charge on any atom is -0.354 e. The minimum atomic E-state index is -0.317. The van der Waals surface area contributed by atoms with Crippen molar-refractivity contribution in [2.75, 3.05) is 6.54 Å². The number of imidazole rings is 2. The molecule has 25 heavy (non-hydrogen) atoms. The van der Waals surface area contributed by atoms with E-state index in [9.17, 15) is 4.79 Å². The number of aromatic nitrogens is 4. The Morgan fingerprint density at radius 2 is 1.92 bits per heavy atom. The first-order valence-corrected chi connectivity index (χ1v) is 8.35. The summed E-state index contributed by atoms with van der Waals surface area (Å²) in [5, 5.41) is 2.98. The van der Waals surface area contributed by atoms with Crippen molar-refractivity contribution < 1.29 is 4.79 Å². The second-order valence-electron chi connectivity index (χ2n) is 6.06. The van der Waals surface area contributed by atoms with E-state index in [0.29, 0.717) is 13.0 Å². The summed E-state index contributed by atoms with van der Waals surface area (Å²) in [4.78, 5) is 24.6. The lowest BCUT2D eigenvalue weighted by molar-refractivity contribution is -0.123. The number of carbonyl (C=O) groups is 1. The van der Waals surface area contributed by atoms with Crippen LogP contribution < -0.4 is 5.32 Å². The van der Waals surface area contributed by atoms with Crippen molar-refractivity contribution in [3.8, 4) is 0 Å². The highest BCUT2D eigenvalue weighted by molar-refractivity contribution is 5.83. The average molecular weight is 333 g/mol. The Kier molecular flexibility index (Phi) is 3.93. The Balaban J connectivity index is 1.40. The van der Waals surface area contributed by atoms with E-state index < -0.39 is 0 Å². The molecule has 0 radical (unpaired) electrons. The van der Waals surface area contributed by atoms with E-state index in [4.69, 9.17) is 0 Å². The summed E-state index contributed by atoms with van der Waals surface area (Å²) in [6.07, 6.45) is 2.38. The van der Waals surface area contributed by atoms with E-state index in [1.165, 1.54) is 0 Å². The highest BCUT2D eigenvalue weighted by Crippen LogP contribution is 2.17. The molecule has 126 valence electrons. The molecule has 0 bridgehead atoms. The third-order valence-corrected chi connectivity index (χ3v) is 4.38. The van der Waals surface area contributed by atoms with Crippen LogP contribution in [0, 0.1) is 0 Å². The normalized spacial score (nSPS) is 12.5. The molecule has 0 aliphatic rings. The highest BCUT2D eigenvalue weighted by Gasteiger charge is 2.16. The van der Waals surface area contributed by atoms with E-state index in [-0.39, 0.29) is 11.9 Å². The van der Waals surface area contributed by atoms with Crippen molar-refractivity contribution in [3.05, 3.63) is 60.7 Å². The molecule has 6 nitrogen and oxygen atoms in total. The van der Waals surface area contributed by atoms with Crippen LogP contribution in [0.1, 0.15) is 18.8 Å². The van der Waals surface area contributed by atoms with Crippen molar-refractivity contribution in [1.82, 2.24) is 24.8 Å². The maximum atomic E-state index is 12.5. The number of hydrogen-bond acceptors (Lipinski definition) is 3. The van der Waals surface area contributed by atoms with Gasteiger partial charge in [-0.25, -0.2) is 9.97 Å². The Labute approximate surface area is 144 Å². The number of hydrogen-bond donors (Lipinski definition) is 2. The Morgan fingerprint density at radius 1 is 1.16 bits per heavy atom. The fourth-order valence-corrected chi connectivity index (χ4v) is 2.99. The molecule has 0 saturated heterocycles. The number of nitrogens with zero attached hydrogens (tertiary/aromatic N) is 3. The second kappa shape index (κ2) is 6.39. The van der Waals surface area contributed by atoms with Gasteiger partial charge in [0.05, 0.1) is 28.4 Å². The summed E-state index contributed by atoms with van der Waals surface area (Å²) in [7, 11) is 0. The predicted molar refractivity (Wildman–Crippen MR) is 97.3 cm³/mol. The monoisotopic (exact) mass is 333 g/mol. The molecule has 0 aliphatic heterocycles. The third-order valence-electron chi connectivity index (χ3n) is 4.38. The lowest BCUT2D eigenvalue weighted by Crippen LogP contribution is -2.32. The smallest absolute Gasteiger partial charge is 0.242 e. The van der Waals surface area contributed by atoms with Crippen LogP contribution in [0.3, 0.4) is 0 Å². The van der Waals surface area contributed by atoms with Crippen LogP contribution in [0.25, 0.3) is 22.1 Å². The van der Waals surface area contributed by atoms with Gasteiger partial charge in [-0.3, -0.25) is 4.79 Å². The highest BCUT2D eigenvalue weighted by atomic mass is 16.2. The van der Waals surface area contributed by atoms with Gasteiger partial charge in [-0.15, -0.1) is 0 Å². The van der Waals surface area contributed by atoms with Crippen molar-refractivity contribution in [2.24, 2.45) is 0 Å². The second-order valence-corrected chi connectivity index (χ2v) is 6.06. The average Bonchev–Trinajstić information content (AvgIpc) is 3.24. The van der Waals surface area contributed by atoms with Gasteiger partial charge in [-0.2, -0.15) is 0 Å². The maximum absolute atomic E-state index is 12.5. The predicted octanol–water partition coefficient (Wildman–Crippen LogP) is 2.83. The maximum Gasteiger partial charge on any atom is 0.242 e. The summed E-state index contributed by atoms with van der Waals surface area (Å²) in [6, 6.07) is 15.4. The SMILES string of the molecule is C[C@H](C(=O)NCCc1nc2ccccc2[nH]1)n1cnc2ccccc21. The lowest BCUT2D eigenvalue weighted by atomic mass is 10.2. The fourth-order valence-electron chi connectivity index (χ4n) is 2.99. The standard InChI is InChI=1S/C19H19N5O/c1-13(24-12-21-16-8-4-5-9-17(16)24)19(25)20-11-10-18-22-14-6-2-3-7-15(14)23-18/h2-9,12-13H,10-11H2,1H3,(H,20,25)(H,22,23)/t13-/m1/s1. The van der Waals surface area contributed by atoms with Crippen molar-refractivity contribution >= 4 is 28.0 Å². The molecule has 0 unspecified atom stereocenters. The van der Waals surface area contributed by atoms with Crippen LogP contribution in [0.15, 0.2) is 54.9 Å². The van der Waals surface area contributed by atoms with Crippen molar-refractivity contribution in [3.63, 3.8) is 0 Å². The number of nitrogens with one attached hydrogen (secondary N) is 2. The number of para-hydroxylation sites is 4. The van der Waals surface area contributed by atoms with Gasteiger partial charge < -0.3 is 14.9 Å². The van der Waals surface area contributed by atoms with Crippen LogP contribution in [0.5, 0.6) is 0 Å². The molecule has 2 heterocycles. The van der Waals surface area contributed by atoms with E-state index in [1.807, 2.05) is 60.0 Å². The van der Waals surface area contributed by atoms with E-state index >= 15 is 0 Å². The molecule has 6 heteroatoms. The first-order chi connectivity index (χ1) is 12.2. The van der Waals surface area contributed by atoms with Gasteiger partial charge in [-0.1, -0.05) is 24.3 Å². The first kappa shape index (κ1) is 15.4. The minimum absolute atomic E-state index is 0.0285.